The van der Waals surface area contributed by atoms with Crippen molar-refractivity contribution in [1.82, 2.24) is 4.98 Å². The van der Waals surface area contributed by atoms with E-state index in [9.17, 15) is 10.4 Å². The molecule has 0 aliphatic heterocycles. The molecule has 0 spiro atoms. The van der Waals surface area contributed by atoms with E-state index < -0.39 is 0 Å². The summed E-state index contributed by atoms with van der Waals surface area (Å²) in [6, 6.07) is 15.8. The Morgan fingerprint density at radius 2 is 2.00 bits per heavy atom. The Morgan fingerprint density at radius 1 is 1.21 bits per heavy atom. The highest BCUT2D eigenvalue weighted by Crippen LogP contribution is 2.31. The van der Waals surface area contributed by atoms with Gasteiger partial charge in [0.25, 0.3) is 0 Å². The second kappa shape index (κ2) is 9.90. The number of rotatable bonds is 8. The van der Waals surface area contributed by atoms with Crippen molar-refractivity contribution in [2.45, 2.75) is 33.1 Å². The number of phenolic OH excluding ortho intramolecular Hbond substituents is 1. The van der Waals surface area contributed by atoms with Crippen molar-refractivity contribution < 1.29 is 9.84 Å². The van der Waals surface area contributed by atoms with Crippen LogP contribution >= 0.6 is 11.3 Å². The molecule has 1 heterocycles. The number of aromatic hydroxyl groups is 1. The molecular formula is C24H24N2O2S. The summed E-state index contributed by atoms with van der Waals surface area (Å²) < 4.78 is 5.42. The van der Waals surface area contributed by atoms with Crippen molar-refractivity contribution in [3.8, 4) is 28.8 Å². The molecule has 0 aliphatic carbocycles. The third-order valence-electron chi connectivity index (χ3n) is 4.52. The Hall–Kier alpha value is -3.10. The normalized spacial score (nSPS) is 11.3. The molecule has 29 heavy (non-hydrogen) atoms. The third-order valence-corrected chi connectivity index (χ3v) is 5.39. The molecule has 0 saturated heterocycles. The first-order valence-corrected chi connectivity index (χ1v) is 10.6. The van der Waals surface area contributed by atoms with Gasteiger partial charge in [-0.2, -0.15) is 5.26 Å². The quantitative estimate of drug-likeness (QED) is 0.446. The molecule has 0 atom stereocenters. The molecule has 0 aliphatic rings. The summed E-state index contributed by atoms with van der Waals surface area (Å²) in [5, 5.41) is 22.1. The van der Waals surface area contributed by atoms with Crippen molar-refractivity contribution in [3.05, 3.63) is 64.0 Å². The standard InChI is InChI=1S/C24H24N2O2S/c1-3-5-6-17-7-10-19(11-8-17)21-16-29-24(26-21)20(15-25)13-18-9-12-22(27)23(14-18)28-4-2/h7-14,16,27H,3-6H2,1-2H3/b20-13-. The summed E-state index contributed by atoms with van der Waals surface area (Å²) in [6.07, 6.45) is 5.24. The molecule has 0 fully saturated rings. The fraction of sp³-hybridized carbons (Fsp3) is 0.250. The summed E-state index contributed by atoms with van der Waals surface area (Å²) in [4.78, 5) is 4.66. The molecule has 0 unspecified atom stereocenters. The van der Waals surface area contributed by atoms with Gasteiger partial charge in [-0.05, 0) is 49.1 Å². The van der Waals surface area contributed by atoms with E-state index in [0.29, 0.717) is 22.9 Å². The van der Waals surface area contributed by atoms with Crippen molar-refractivity contribution >= 4 is 23.0 Å². The van der Waals surface area contributed by atoms with Gasteiger partial charge < -0.3 is 9.84 Å². The van der Waals surface area contributed by atoms with Crippen molar-refractivity contribution in [1.29, 1.82) is 5.26 Å². The smallest absolute Gasteiger partial charge is 0.161 e. The predicted molar refractivity (Wildman–Crippen MR) is 119 cm³/mol. The highest BCUT2D eigenvalue weighted by Gasteiger charge is 2.10. The van der Waals surface area contributed by atoms with E-state index in [1.165, 1.54) is 29.7 Å². The molecule has 2 aromatic carbocycles. The number of nitriles is 1. The number of hydrogen-bond donors (Lipinski definition) is 1. The Labute approximate surface area is 175 Å². The number of benzene rings is 2. The topological polar surface area (TPSA) is 66.1 Å². The summed E-state index contributed by atoms with van der Waals surface area (Å²) >= 11 is 1.45. The van der Waals surface area contributed by atoms with Crippen LogP contribution in [0.5, 0.6) is 11.5 Å². The zero-order chi connectivity index (χ0) is 20.6. The number of ether oxygens (including phenoxy) is 1. The molecule has 0 amide bonds. The van der Waals surface area contributed by atoms with Crippen LogP contribution in [-0.4, -0.2) is 16.7 Å². The fourth-order valence-corrected chi connectivity index (χ4v) is 3.75. The van der Waals surface area contributed by atoms with Gasteiger partial charge in [-0.25, -0.2) is 4.98 Å². The third kappa shape index (κ3) is 5.24. The fourth-order valence-electron chi connectivity index (χ4n) is 2.95. The Balaban J connectivity index is 1.83. The van der Waals surface area contributed by atoms with Crippen LogP contribution in [0.2, 0.25) is 0 Å². The summed E-state index contributed by atoms with van der Waals surface area (Å²) in [5.74, 6) is 0.489. The van der Waals surface area contributed by atoms with Crippen LogP contribution in [0.1, 0.15) is 42.8 Å². The zero-order valence-electron chi connectivity index (χ0n) is 16.7. The second-order valence-electron chi connectivity index (χ2n) is 6.67. The summed E-state index contributed by atoms with van der Waals surface area (Å²) in [6.45, 7) is 4.51. The van der Waals surface area contributed by atoms with E-state index in [4.69, 9.17) is 4.74 Å². The number of nitrogens with zero attached hydrogens (tertiary/aromatic N) is 2. The number of allylic oxidation sites excluding steroid dienone is 1. The van der Waals surface area contributed by atoms with Gasteiger partial charge in [0.1, 0.15) is 11.1 Å². The maximum Gasteiger partial charge on any atom is 0.161 e. The largest absolute Gasteiger partial charge is 0.504 e. The van der Waals surface area contributed by atoms with Crippen LogP contribution in [0, 0.1) is 11.3 Å². The number of phenols is 1. The van der Waals surface area contributed by atoms with Crippen LogP contribution in [-0.2, 0) is 6.42 Å². The molecule has 1 aromatic heterocycles. The van der Waals surface area contributed by atoms with E-state index >= 15 is 0 Å². The van der Waals surface area contributed by atoms with Crippen LogP contribution in [0.3, 0.4) is 0 Å². The molecule has 0 radical (unpaired) electrons. The minimum Gasteiger partial charge on any atom is -0.504 e. The second-order valence-corrected chi connectivity index (χ2v) is 7.53. The lowest BCUT2D eigenvalue weighted by Crippen LogP contribution is -1.92. The maximum atomic E-state index is 9.85. The Bertz CT molecular complexity index is 1030. The molecule has 5 heteroatoms. The lowest BCUT2D eigenvalue weighted by Gasteiger charge is -2.06. The van der Waals surface area contributed by atoms with Crippen LogP contribution in [0.25, 0.3) is 22.9 Å². The molecule has 1 N–H and O–H groups in total. The minimum absolute atomic E-state index is 0.0847. The Kier molecular flexibility index (Phi) is 7.04. The van der Waals surface area contributed by atoms with E-state index in [1.807, 2.05) is 12.3 Å². The molecule has 0 saturated carbocycles. The Morgan fingerprint density at radius 3 is 2.69 bits per heavy atom. The number of unbranched alkanes of at least 4 members (excludes halogenated alkanes) is 1. The van der Waals surface area contributed by atoms with Crippen LogP contribution in [0.4, 0.5) is 0 Å². The summed E-state index contributed by atoms with van der Waals surface area (Å²) in [5.41, 5.74) is 4.51. The van der Waals surface area contributed by atoms with Crippen molar-refractivity contribution in [2.75, 3.05) is 6.61 Å². The zero-order valence-corrected chi connectivity index (χ0v) is 17.5. The first kappa shape index (κ1) is 20.6. The minimum atomic E-state index is 0.0847. The number of aryl methyl sites for hydroxylation is 1. The van der Waals surface area contributed by atoms with E-state index in [0.717, 1.165) is 23.2 Å². The molecule has 4 nitrogen and oxygen atoms in total. The van der Waals surface area contributed by atoms with Gasteiger partial charge in [0.2, 0.25) is 0 Å². The maximum absolute atomic E-state index is 9.85. The lowest BCUT2D eigenvalue weighted by atomic mass is 10.1. The van der Waals surface area contributed by atoms with Crippen molar-refractivity contribution in [2.24, 2.45) is 0 Å². The summed E-state index contributed by atoms with van der Waals surface area (Å²) in [7, 11) is 0. The number of aromatic nitrogens is 1. The van der Waals surface area contributed by atoms with Gasteiger partial charge in [0.15, 0.2) is 11.5 Å². The molecule has 0 bridgehead atoms. The molecule has 3 aromatic rings. The number of thiazole rings is 1. The highest BCUT2D eigenvalue weighted by atomic mass is 32.1. The van der Waals surface area contributed by atoms with Gasteiger partial charge in [0, 0.05) is 10.9 Å². The molecule has 3 rings (SSSR count). The number of hydrogen-bond acceptors (Lipinski definition) is 5. The van der Waals surface area contributed by atoms with Gasteiger partial charge in [-0.1, -0.05) is 43.7 Å². The van der Waals surface area contributed by atoms with E-state index in [-0.39, 0.29) is 5.75 Å². The predicted octanol–water partition coefficient (Wildman–Crippen LogP) is 6.32. The first-order valence-electron chi connectivity index (χ1n) is 9.77. The monoisotopic (exact) mass is 404 g/mol. The van der Waals surface area contributed by atoms with E-state index in [1.54, 1.807) is 24.3 Å². The van der Waals surface area contributed by atoms with Crippen LogP contribution < -0.4 is 4.74 Å². The lowest BCUT2D eigenvalue weighted by molar-refractivity contribution is 0.318. The first-order chi connectivity index (χ1) is 14.1. The average molecular weight is 405 g/mol. The van der Waals surface area contributed by atoms with Gasteiger partial charge >= 0.3 is 0 Å². The van der Waals surface area contributed by atoms with Gasteiger partial charge in [-0.15, -0.1) is 11.3 Å². The molecule has 148 valence electrons. The van der Waals surface area contributed by atoms with Crippen LogP contribution in [0.15, 0.2) is 47.8 Å². The SMILES string of the molecule is CCCCc1ccc(-c2csc(/C(C#N)=C\c3ccc(O)c(OCC)c3)n2)cc1. The molecular weight excluding hydrogens is 380 g/mol. The van der Waals surface area contributed by atoms with Crippen molar-refractivity contribution in [3.63, 3.8) is 0 Å². The average Bonchev–Trinajstić information content (AvgIpc) is 3.23. The highest BCUT2D eigenvalue weighted by molar-refractivity contribution is 7.11. The van der Waals surface area contributed by atoms with E-state index in [2.05, 4.69) is 42.2 Å². The van der Waals surface area contributed by atoms with Gasteiger partial charge in [-0.3, -0.25) is 0 Å². The van der Waals surface area contributed by atoms with Gasteiger partial charge in [0.05, 0.1) is 17.9 Å².